The maximum Gasteiger partial charge on any atom is 0.305 e. The third kappa shape index (κ3) is 69.4. The summed E-state index contributed by atoms with van der Waals surface area (Å²) >= 11 is 0. The third-order valence-corrected chi connectivity index (χ3v) is 18.3. The van der Waals surface area contributed by atoms with Gasteiger partial charge in [-0.3, -0.25) is 9.59 Å². The summed E-state index contributed by atoms with van der Waals surface area (Å²) in [5.41, 5.74) is 0. The second-order valence-corrected chi connectivity index (χ2v) is 26.7. The molecule has 6 heteroatoms. The summed E-state index contributed by atoms with van der Waals surface area (Å²) in [5, 5.41) is 23.4. The van der Waals surface area contributed by atoms with Crippen molar-refractivity contribution in [1.82, 2.24) is 5.32 Å². The van der Waals surface area contributed by atoms with Crippen LogP contribution in [0.3, 0.4) is 0 Å². The normalized spacial score (nSPS) is 12.6. The molecule has 498 valence electrons. The van der Waals surface area contributed by atoms with E-state index >= 15 is 0 Å². The quantitative estimate of drug-likeness (QED) is 0.0320. The number of amides is 1. The van der Waals surface area contributed by atoms with Crippen molar-refractivity contribution in [1.29, 1.82) is 0 Å². The number of ether oxygens (including phenoxy) is 1. The third-order valence-electron chi connectivity index (χ3n) is 18.3. The Balaban J connectivity index is 3.35. The number of carbonyl (C=O) groups is 2. The molecule has 0 aliphatic heterocycles. The lowest BCUT2D eigenvalue weighted by molar-refractivity contribution is -0.143. The van der Waals surface area contributed by atoms with Crippen LogP contribution < -0.4 is 5.32 Å². The second kappa shape index (κ2) is 73.8. The lowest BCUT2D eigenvalue weighted by Gasteiger charge is -2.22. The molecule has 6 nitrogen and oxygen atoms in total. The molecule has 0 bridgehead atoms. The molecular weight excluding hydrogens is 1030 g/mol. The van der Waals surface area contributed by atoms with Crippen molar-refractivity contribution in [2.24, 2.45) is 0 Å². The van der Waals surface area contributed by atoms with E-state index in [1.54, 1.807) is 0 Å². The van der Waals surface area contributed by atoms with Gasteiger partial charge >= 0.3 is 5.97 Å². The smallest absolute Gasteiger partial charge is 0.305 e. The van der Waals surface area contributed by atoms with Crippen molar-refractivity contribution in [2.75, 3.05) is 13.2 Å². The molecule has 0 radical (unpaired) electrons. The van der Waals surface area contributed by atoms with Gasteiger partial charge in [-0.2, -0.15) is 0 Å². The number of aliphatic hydroxyl groups excluding tert-OH is 2. The number of hydrogen-bond donors (Lipinski definition) is 3. The fraction of sp³-hybridized carbons (Fsp3) is 0.923. The van der Waals surface area contributed by atoms with Gasteiger partial charge in [0.25, 0.3) is 0 Å². The number of nitrogens with one attached hydrogen (secondary N) is 1. The molecule has 3 N–H and O–H groups in total. The van der Waals surface area contributed by atoms with E-state index in [1.807, 2.05) is 0 Å². The van der Waals surface area contributed by atoms with Crippen LogP contribution in [-0.2, 0) is 14.3 Å². The summed E-state index contributed by atoms with van der Waals surface area (Å²) in [6, 6.07) is -0.539. The first-order valence-electron chi connectivity index (χ1n) is 38.6. The number of esters is 1. The van der Waals surface area contributed by atoms with Crippen LogP contribution in [0.25, 0.3) is 0 Å². The Morgan fingerprint density at radius 1 is 0.333 bits per heavy atom. The SMILES string of the molecule is CCCCCCCCCCCCCCCCCCC(=O)OCCCCCCCCCCCCC/C=C\C/C=C\CCCCCCCCCCCCCCCCCCCC(=O)NC(CO)C(O)CCCCCCCCCCCCCCCCCC. The van der Waals surface area contributed by atoms with Gasteiger partial charge in [-0.15, -0.1) is 0 Å². The molecule has 0 rings (SSSR count). The van der Waals surface area contributed by atoms with Crippen LogP contribution in [0.15, 0.2) is 24.3 Å². The molecule has 1 amide bonds. The highest BCUT2D eigenvalue weighted by Crippen LogP contribution is 2.20. The number of hydrogen-bond acceptors (Lipinski definition) is 5. The minimum Gasteiger partial charge on any atom is -0.466 e. The molecule has 84 heavy (non-hydrogen) atoms. The van der Waals surface area contributed by atoms with Crippen LogP contribution >= 0.6 is 0 Å². The van der Waals surface area contributed by atoms with Crippen LogP contribution in [-0.4, -0.2) is 47.4 Å². The van der Waals surface area contributed by atoms with Crippen molar-refractivity contribution in [3.8, 4) is 0 Å². The molecule has 0 aliphatic rings. The average molecular weight is 1180 g/mol. The fourth-order valence-electron chi connectivity index (χ4n) is 12.4. The van der Waals surface area contributed by atoms with E-state index in [1.165, 1.54) is 360 Å². The van der Waals surface area contributed by atoms with Crippen molar-refractivity contribution in [3.05, 3.63) is 24.3 Å². The van der Waals surface area contributed by atoms with E-state index in [2.05, 4.69) is 43.5 Å². The predicted octanol–water partition coefficient (Wildman–Crippen LogP) is 25.3. The highest BCUT2D eigenvalue weighted by molar-refractivity contribution is 5.76. The number of unbranched alkanes of at least 4 members (excludes halogenated alkanes) is 58. The molecule has 0 saturated carbocycles. The van der Waals surface area contributed by atoms with Crippen molar-refractivity contribution in [3.63, 3.8) is 0 Å². The minimum absolute atomic E-state index is 0.0211. The monoisotopic (exact) mass is 1180 g/mol. The number of aliphatic hydroxyl groups is 2. The van der Waals surface area contributed by atoms with Gasteiger partial charge in [0.05, 0.1) is 25.4 Å². The van der Waals surface area contributed by atoms with Crippen molar-refractivity contribution in [2.45, 2.75) is 450 Å². The van der Waals surface area contributed by atoms with E-state index in [-0.39, 0.29) is 18.5 Å². The summed E-state index contributed by atoms with van der Waals surface area (Å²) in [6.45, 7) is 5.00. The average Bonchev–Trinajstić information content (AvgIpc) is 3.51. The Morgan fingerprint density at radius 2 is 0.595 bits per heavy atom. The van der Waals surface area contributed by atoms with Gasteiger partial charge in [0, 0.05) is 12.8 Å². The highest BCUT2D eigenvalue weighted by Gasteiger charge is 2.20. The van der Waals surface area contributed by atoms with Gasteiger partial charge in [0.15, 0.2) is 0 Å². The van der Waals surface area contributed by atoms with Gasteiger partial charge in [-0.1, -0.05) is 391 Å². The molecule has 0 spiro atoms. The molecule has 0 saturated heterocycles. The van der Waals surface area contributed by atoms with Crippen LogP contribution in [0, 0.1) is 0 Å². The van der Waals surface area contributed by atoms with Gasteiger partial charge in [-0.05, 0) is 57.8 Å². The van der Waals surface area contributed by atoms with E-state index in [4.69, 9.17) is 4.74 Å². The summed E-state index contributed by atoms with van der Waals surface area (Å²) < 4.78 is 5.51. The molecular formula is C78H151NO5. The Hall–Kier alpha value is -1.66. The van der Waals surface area contributed by atoms with Gasteiger partial charge < -0.3 is 20.3 Å². The predicted molar refractivity (Wildman–Crippen MR) is 370 cm³/mol. The van der Waals surface area contributed by atoms with Crippen LogP contribution in [0.5, 0.6) is 0 Å². The van der Waals surface area contributed by atoms with Gasteiger partial charge in [-0.25, -0.2) is 0 Å². The van der Waals surface area contributed by atoms with Gasteiger partial charge in [0.2, 0.25) is 5.91 Å². The lowest BCUT2D eigenvalue weighted by Crippen LogP contribution is -2.45. The zero-order valence-electron chi connectivity index (χ0n) is 57.2. The zero-order valence-corrected chi connectivity index (χ0v) is 57.2. The Kier molecular flexibility index (Phi) is 72.3. The first-order valence-corrected chi connectivity index (χ1v) is 38.6. The van der Waals surface area contributed by atoms with Crippen LogP contribution in [0.2, 0.25) is 0 Å². The maximum atomic E-state index is 12.5. The summed E-state index contributed by atoms with van der Waals surface area (Å²) in [5.74, 6) is -0.00772. The Bertz CT molecular complexity index is 1320. The van der Waals surface area contributed by atoms with Crippen molar-refractivity contribution < 1.29 is 24.5 Å². The maximum absolute atomic E-state index is 12.5. The topological polar surface area (TPSA) is 95.9 Å². The molecule has 0 aromatic carbocycles. The Labute approximate surface area is 526 Å². The summed E-state index contributed by atoms with van der Waals surface area (Å²) in [6.07, 6.45) is 94.0. The number of rotatable bonds is 73. The molecule has 2 unspecified atom stereocenters. The summed E-state index contributed by atoms with van der Waals surface area (Å²) in [4.78, 5) is 24.6. The second-order valence-electron chi connectivity index (χ2n) is 26.7. The van der Waals surface area contributed by atoms with E-state index < -0.39 is 12.1 Å². The molecule has 0 heterocycles. The largest absolute Gasteiger partial charge is 0.466 e. The molecule has 0 aromatic rings. The molecule has 2 atom stereocenters. The van der Waals surface area contributed by atoms with Crippen molar-refractivity contribution >= 4 is 11.9 Å². The van der Waals surface area contributed by atoms with Crippen LogP contribution in [0.4, 0.5) is 0 Å². The number of carbonyl (C=O) groups excluding carboxylic acids is 2. The molecule has 0 fully saturated rings. The van der Waals surface area contributed by atoms with Crippen LogP contribution in [0.1, 0.15) is 438 Å². The van der Waals surface area contributed by atoms with E-state index in [0.717, 1.165) is 44.9 Å². The highest BCUT2D eigenvalue weighted by atomic mass is 16.5. The zero-order chi connectivity index (χ0) is 60.6. The van der Waals surface area contributed by atoms with E-state index in [0.29, 0.717) is 25.9 Å². The number of allylic oxidation sites excluding steroid dienone is 4. The molecule has 0 aliphatic carbocycles. The fourth-order valence-corrected chi connectivity index (χ4v) is 12.4. The van der Waals surface area contributed by atoms with Gasteiger partial charge in [0.1, 0.15) is 0 Å². The standard InChI is InChI=1S/C78H151NO5/c1-3-5-7-9-11-13-15-17-19-42-46-50-54-58-62-66-70-76(81)75(74-80)79-77(82)71-67-63-59-55-51-47-43-40-38-36-34-32-30-28-26-24-22-21-23-25-27-29-31-33-35-37-39-41-45-49-53-57-61-65-69-73-84-78(83)72-68-64-60-56-52-48-44-20-18-16-14-12-10-8-6-4-2/h23,25,29,31,75-76,80-81H,3-22,24,26-28,30,32-74H2,1-2H3,(H,79,82)/b25-23-,31-29-. The first-order chi connectivity index (χ1) is 41.5. The van der Waals surface area contributed by atoms with E-state index in [9.17, 15) is 19.8 Å². The first kappa shape index (κ1) is 82.3. The summed E-state index contributed by atoms with van der Waals surface area (Å²) in [7, 11) is 0. The lowest BCUT2D eigenvalue weighted by atomic mass is 10.0. The molecule has 0 aromatic heterocycles. The Morgan fingerprint density at radius 3 is 0.905 bits per heavy atom. The minimum atomic E-state index is -0.662.